The number of hydrogen-bond acceptors (Lipinski definition) is 4. The molecule has 3 rings (SSSR count). The lowest BCUT2D eigenvalue weighted by atomic mass is 10.1. The van der Waals surface area contributed by atoms with Crippen molar-refractivity contribution in [3.05, 3.63) is 41.7 Å². The molecule has 1 aliphatic rings. The van der Waals surface area contributed by atoms with Gasteiger partial charge in [-0.05, 0) is 57.1 Å². The summed E-state index contributed by atoms with van der Waals surface area (Å²) in [5, 5.41) is 4.02. The number of nitrogens with one attached hydrogen (secondary N) is 1. The third-order valence-electron chi connectivity index (χ3n) is 4.31. The standard InChI is InChI=1S/C16H22N4O2S/c1-4-20-11-14(10-17-20)23(21,22)18-13-6-7-15-12(9-13)5-8-16(15)19(2)3/h6-7,9-11,16,18H,4-5,8H2,1-3H3. The van der Waals surface area contributed by atoms with Gasteiger partial charge in [-0.2, -0.15) is 5.10 Å². The Hall–Kier alpha value is -1.86. The van der Waals surface area contributed by atoms with E-state index in [0.717, 1.165) is 12.8 Å². The SMILES string of the molecule is CCn1cc(S(=O)(=O)Nc2ccc3c(c2)CCC3N(C)C)cn1. The molecule has 1 aromatic heterocycles. The molecule has 124 valence electrons. The molecule has 0 fully saturated rings. The molecule has 1 aromatic carbocycles. The van der Waals surface area contributed by atoms with Crippen molar-refractivity contribution in [1.29, 1.82) is 0 Å². The summed E-state index contributed by atoms with van der Waals surface area (Å²) >= 11 is 0. The molecule has 0 bridgehead atoms. The van der Waals surface area contributed by atoms with Crippen molar-refractivity contribution >= 4 is 15.7 Å². The van der Waals surface area contributed by atoms with Crippen LogP contribution in [-0.2, 0) is 23.0 Å². The van der Waals surface area contributed by atoms with E-state index in [2.05, 4.69) is 28.8 Å². The van der Waals surface area contributed by atoms with Gasteiger partial charge in [0.1, 0.15) is 4.90 Å². The molecule has 0 saturated heterocycles. The molecule has 0 spiro atoms. The van der Waals surface area contributed by atoms with Gasteiger partial charge in [-0.25, -0.2) is 8.42 Å². The number of sulfonamides is 1. The highest BCUT2D eigenvalue weighted by Gasteiger charge is 2.25. The highest BCUT2D eigenvalue weighted by Crippen LogP contribution is 2.36. The molecule has 0 aliphatic heterocycles. The Labute approximate surface area is 137 Å². The minimum absolute atomic E-state index is 0.186. The van der Waals surface area contributed by atoms with Gasteiger partial charge in [0.25, 0.3) is 10.0 Å². The van der Waals surface area contributed by atoms with Crippen LogP contribution < -0.4 is 4.72 Å². The summed E-state index contributed by atoms with van der Waals surface area (Å²) in [5.74, 6) is 0. The van der Waals surface area contributed by atoms with E-state index in [0.29, 0.717) is 18.3 Å². The first-order valence-electron chi connectivity index (χ1n) is 7.75. The average Bonchev–Trinajstić information content (AvgIpc) is 3.13. The second kappa shape index (κ2) is 5.98. The number of nitrogens with zero attached hydrogens (tertiary/aromatic N) is 3. The number of rotatable bonds is 5. The maximum absolute atomic E-state index is 12.4. The van der Waals surface area contributed by atoms with Gasteiger partial charge in [-0.3, -0.25) is 9.40 Å². The number of fused-ring (bicyclic) bond motifs is 1. The Bertz CT molecular complexity index is 811. The molecule has 1 aliphatic carbocycles. The first kappa shape index (κ1) is 16.0. The normalized spacial score (nSPS) is 17.5. The van der Waals surface area contributed by atoms with E-state index in [4.69, 9.17) is 0 Å². The van der Waals surface area contributed by atoms with Crippen LogP contribution in [0.4, 0.5) is 5.69 Å². The van der Waals surface area contributed by atoms with Crippen LogP contribution >= 0.6 is 0 Å². The molecule has 1 N–H and O–H groups in total. The summed E-state index contributed by atoms with van der Waals surface area (Å²) in [4.78, 5) is 2.39. The van der Waals surface area contributed by atoms with Crippen molar-refractivity contribution < 1.29 is 8.42 Å². The molecule has 0 radical (unpaired) electrons. The lowest BCUT2D eigenvalue weighted by Crippen LogP contribution is -2.17. The van der Waals surface area contributed by atoms with Gasteiger partial charge in [0.2, 0.25) is 0 Å². The van der Waals surface area contributed by atoms with Gasteiger partial charge < -0.3 is 4.90 Å². The summed E-state index contributed by atoms with van der Waals surface area (Å²) in [6, 6.07) is 6.22. The third-order valence-corrected chi connectivity index (χ3v) is 5.64. The second-order valence-electron chi connectivity index (χ2n) is 6.07. The minimum atomic E-state index is -3.59. The van der Waals surface area contributed by atoms with E-state index in [9.17, 15) is 8.42 Å². The fourth-order valence-corrected chi connectivity index (χ4v) is 4.07. The molecule has 23 heavy (non-hydrogen) atoms. The molecule has 0 amide bonds. The molecular formula is C16H22N4O2S. The number of benzene rings is 1. The maximum atomic E-state index is 12.4. The van der Waals surface area contributed by atoms with Gasteiger partial charge in [0.05, 0.1) is 6.20 Å². The van der Waals surface area contributed by atoms with Crippen molar-refractivity contribution in [3.8, 4) is 0 Å². The highest BCUT2D eigenvalue weighted by atomic mass is 32.2. The van der Waals surface area contributed by atoms with E-state index >= 15 is 0 Å². The molecule has 2 aromatic rings. The molecular weight excluding hydrogens is 312 g/mol. The number of hydrogen-bond donors (Lipinski definition) is 1. The fourth-order valence-electron chi connectivity index (χ4n) is 3.07. The van der Waals surface area contributed by atoms with Crippen molar-refractivity contribution in [2.45, 2.75) is 37.2 Å². The van der Waals surface area contributed by atoms with Crippen molar-refractivity contribution in [3.63, 3.8) is 0 Å². The summed E-state index contributed by atoms with van der Waals surface area (Å²) in [5.41, 5.74) is 3.11. The second-order valence-corrected chi connectivity index (χ2v) is 7.75. The quantitative estimate of drug-likeness (QED) is 0.911. The van der Waals surface area contributed by atoms with Crippen LogP contribution in [-0.4, -0.2) is 37.2 Å². The summed E-state index contributed by atoms with van der Waals surface area (Å²) in [7, 11) is 0.549. The third kappa shape index (κ3) is 3.11. The number of aryl methyl sites for hydroxylation is 2. The smallest absolute Gasteiger partial charge is 0.265 e. The molecule has 1 atom stereocenters. The predicted molar refractivity (Wildman–Crippen MR) is 89.9 cm³/mol. The topological polar surface area (TPSA) is 67.2 Å². The van der Waals surface area contributed by atoms with Gasteiger partial charge >= 0.3 is 0 Å². The Morgan fingerprint density at radius 2 is 2.17 bits per heavy atom. The Morgan fingerprint density at radius 3 is 2.83 bits per heavy atom. The van der Waals surface area contributed by atoms with Crippen LogP contribution in [0.25, 0.3) is 0 Å². The Kier molecular flexibility index (Phi) is 4.16. The van der Waals surface area contributed by atoms with Crippen LogP contribution in [0.3, 0.4) is 0 Å². The molecule has 1 unspecified atom stereocenters. The van der Waals surface area contributed by atoms with Crippen LogP contribution in [0.2, 0.25) is 0 Å². The maximum Gasteiger partial charge on any atom is 0.265 e. The number of aromatic nitrogens is 2. The fraction of sp³-hybridized carbons (Fsp3) is 0.438. The zero-order valence-electron chi connectivity index (χ0n) is 13.7. The van der Waals surface area contributed by atoms with E-state index in [1.54, 1.807) is 4.68 Å². The van der Waals surface area contributed by atoms with Crippen LogP contribution in [0.1, 0.15) is 30.5 Å². The summed E-state index contributed by atoms with van der Waals surface area (Å²) in [6.45, 7) is 2.55. The van der Waals surface area contributed by atoms with Crippen LogP contribution in [0, 0.1) is 0 Å². The number of anilines is 1. The first-order chi connectivity index (χ1) is 10.9. The van der Waals surface area contributed by atoms with E-state index in [1.807, 2.05) is 25.1 Å². The zero-order valence-corrected chi connectivity index (χ0v) is 14.5. The first-order valence-corrected chi connectivity index (χ1v) is 9.23. The zero-order chi connectivity index (χ0) is 16.6. The van der Waals surface area contributed by atoms with Crippen LogP contribution in [0.5, 0.6) is 0 Å². The minimum Gasteiger partial charge on any atom is -0.302 e. The van der Waals surface area contributed by atoms with Crippen LogP contribution in [0.15, 0.2) is 35.5 Å². The van der Waals surface area contributed by atoms with Gasteiger partial charge in [0.15, 0.2) is 0 Å². The van der Waals surface area contributed by atoms with Crippen molar-refractivity contribution in [2.75, 3.05) is 18.8 Å². The van der Waals surface area contributed by atoms with E-state index < -0.39 is 10.0 Å². The average molecular weight is 334 g/mol. The molecule has 0 saturated carbocycles. The Balaban J connectivity index is 1.84. The monoisotopic (exact) mass is 334 g/mol. The molecule has 7 heteroatoms. The van der Waals surface area contributed by atoms with Gasteiger partial charge in [0, 0.05) is 24.5 Å². The Morgan fingerprint density at radius 1 is 1.39 bits per heavy atom. The highest BCUT2D eigenvalue weighted by molar-refractivity contribution is 7.92. The van der Waals surface area contributed by atoms with Gasteiger partial charge in [-0.15, -0.1) is 0 Å². The lowest BCUT2D eigenvalue weighted by Gasteiger charge is -2.20. The largest absolute Gasteiger partial charge is 0.302 e. The molecule has 1 heterocycles. The summed E-state index contributed by atoms with van der Waals surface area (Å²) < 4.78 is 29.1. The van der Waals surface area contributed by atoms with Crippen molar-refractivity contribution in [2.24, 2.45) is 0 Å². The van der Waals surface area contributed by atoms with Crippen molar-refractivity contribution in [1.82, 2.24) is 14.7 Å². The molecule has 6 nitrogen and oxygen atoms in total. The lowest BCUT2D eigenvalue weighted by molar-refractivity contribution is 0.299. The van der Waals surface area contributed by atoms with E-state index in [1.165, 1.54) is 23.5 Å². The van der Waals surface area contributed by atoms with Gasteiger partial charge in [-0.1, -0.05) is 6.07 Å². The summed E-state index contributed by atoms with van der Waals surface area (Å²) in [6.07, 6.45) is 4.96. The van der Waals surface area contributed by atoms with E-state index in [-0.39, 0.29) is 4.90 Å². The predicted octanol–water partition coefficient (Wildman–Crippen LogP) is 2.25.